The Kier molecular flexibility index (Phi) is 2.79. The summed E-state index contributed by atoms with van der Waals surface area (Å²) in [5.41, 5.74) is 4.22. The molecule has 0 unspecified atom stereocenters. The van der Waals surface area contributed by atoms with E-state index in [0.717, 1.165) is 31.5 Å². The van der Waals surface area contributed by atoms with Crippen LogP contribution in [-0.2, 0) is 0 Å². The van der Waals surface area contributed by atoms with E-state index in [-0.39, 0.29) is 0 Å². The molecule has 0 radical (unpaired) electrons. The third-order valence-electron chi connectivity index (χ3n) is 3.52. The Hall–Kier alpha value is -1.46. The minimum absolute atomic E-state index is 0.696. The molecule has 0 N–H and O–H groups in total. The summed E-state index contributed by atoms with van der Waals surface area (Å²) in [4.78, 5) is 15.5. The van der Waals surface area contributed by atoms with Crippen LogP contribution in [0.4, 0.5) is 0 Å². The molecule has 5 heteroatoms. The molecule has 0 saturated heterocycles. The number of fused-ring (bicyclic) bond motifs is 1. The lowest BCUT2D eigenvalue weighted by Crippen LogP contribution is -1.88. The molecule has 0 aliphatic heterocycles. The Morgan fingerprint density at radius 3 is 2.80 bits per heavy atom. The van der Waals surface area contributed by atoms with Gasteiger partial charge in [-0.15, -0.1) is 12.6 Å². The molecule has 1 fully saturated rings. The molecule has 0 bridgehead atoms. The number of thiol groups is 1. The molecule has 3 aromatic rings. The van der Waals surface area contributed by atoms with Crippen LogP contribution in [0.15, 0.2) is 29.4 Å². The lowest BCUT2D eigenvalue weighted by atomic mass is 10.2. The van der Waals surface area contributed by atoms with Crippen molar-refractivity contribution in [2.45, 2.75) is 30.6 Å². The number of hydrogen-bond donors (Lipinski definition) is 1. The predicted octanol–water partition coefficient (Wildman–Crippen LogP) is 4.23. The second kappa shape index (κ2) is 4.53. The van der Waals surface area contributed by atoms with Gasteiger partial charge in [0.25, 0.3) is 0 Å². The molecule has 1 aliphatic rings. The van der Waals surface area contributed by atoms with Gasteiger partial charge in [-0.3, -0.25) is 4.98 Å². The molecule has 0 amide bonds. The van der Waals surface area contributed by atoms with Gasteiger partial charge in [-0.2, -0.15) is 0 Å². The first-order valence-corrected chi connectivity index (χ1v) is 7.89. The van der Waals surface area contributed by atoms with Crippen LogP contribution in [0.3, 0.4) is 0 Å². The van der Waals surface area contributed by atoms with Crippen LogP contribution in [0.1, 0.15) is 29.9 Å². The summed E-state index contributed by atoms with van der Waals surface area (Å²) < 4.78 is 0. The van der Waals surface area contributed by atoms with Crippen molar-refractivity contribution in [3.8, 4) is 10.7 Å². The van der Waals surface area contributed by atoms with Gasteiger partial charge in [0.05, 0.1) is 0 Å². The summed E-state index contributed by atoms with van der Waals surface area (Å²) in [6, 6.07) is 4.19. The number of pyridine rings is 2. The predicted molar refractivity (Wildman–Crippen MR) is 84.6 cm³/mol. The molecule has 4 rings (SSSR count). The molecule has 1 saturated carbocycles. The standard InChI is InChI=1S/C15H13N3S2/c1-8-4-11-14(17-6-8)20-15(18-11)13-12(19)5-10(7-16-13)9-2-3-9/h4-7,9,19H,2-3H2,1H3. The number of thiazole rings is 1. The smallest absolute Gasteiger partial charge is 0.145 e. The molecule has 20 heavy (non-hydrogen) atoms. The van der Waals surface area contributed by atoms with Crippen LogP contribution in [-0.4, -0.2) is 15.0 Å². The third-order valence-corrected chi connectivity index (χ3v) is 4.85. The highest BCUT2D eigenvalue weighted by atomic mass is 32.1. The van der Waals surface area contributed by atoms with Gasteiger partial charge in [0, 0.05) is 17.3 Å². The van der Waals surface area contributed by atoms with Gasteiger partial charge in [-0.25, -0.2) is 9.97 Å². The Labute approximate surface area is 126 Å². The summed E-state index contributed by atoms with van der Waals surface area (Å²) in [7, 11) is 0. The summed E-state index contributed by atoms with van der Waals surface area (Å²) in [6.07, 6.45) is 6.39. The molecular formula is C15H13N3S2. The average molecular weight is 299 g/mol. The SMILES string of the molecule is Cc1cnc2sc(-c3ncc(C4CC4)cc3S)nc2c1. The quantitative estimate of drug-likeness (QED) is 0.720. The van der Waals surface area contributed by atoms with E-state index in [1.165, 1.54) is 18.4 Å². The van der Waals surface area contributed by atoms with Crippen LogP contribution in [0.2, 0.25) is 0 Å². The molecule has 0 spiro atoms. The third kappa shape index (κ3) is 2.11. The first-order chi connectivity index (χ1) is 9.70. The van der Waals surface area contributed by atoms with E-state index >= 15 is 0 Å². The van der Waals surface area contributed by atoms with Gasteiger partial charge in [-0.1, -0.05) is 11.3 Å². The molecule has 100 valence electrons. The number of aryl methyl sites for hydroxylation is 1. The van der Waals surface area contributed by atoms with Crippen LogP contribution in [0, 0.1) is 6.92 Å². The van der Waals surface area contributed by atoms with Crippen molar-refractivity contribution in [1.82, 2.24) is 15.0 Å². The molecule has 3 aromatic heterocycles. The zero-order valence-corrected chi connectivity index (χ0v) is 12.7. The molecular weight excluding hydrogens is 286 g/mol. The number of nitrogens with zero attached hydrogens (tertiary/aromatic N) is 3. The van der Waals surface area contributed by atoms with Crippen LogP contribution >= 0.6 is 24.0 Å². The monoisotopic (exact) mass is 299 g/mol. The fourth-order valence-corrected chi connectivity index (χ4v) is 3.59. The topological polar surface area (TPSA) is 38.7 Å². The minimum Gasteiger partial charge on any atom is -0.252 e. The maximum atomic E-state index is 4.64. The average Bonchev–Trinajstić information content (AvgIpc) is 3.19. The molecule has 3 heterocycles. The summed E-state index contributed by atoms with van der Waals surface area (Å²) >= 11 is 6.16. The van der Waals surface area contributed by atoms with Gasteiger partial charge in [-0.05, 0) is 48.9 Å². The first kappa shape index (κ1) is 12.3. The van der Waals surface area contributed by atoms with E-state index in [9.17, 15) is 0 Å². The van der Waals surface area contributed by atoms with Crippen molar-refractivity contribution in [2.24, 2.45) is 0 Å². The highest BCUT2D eigenvalue weighted by molar-refractivity contribution is 7.80. The Morgan fingerprint density at radius 1 is 1.20 bits per heavy atom. The van der Waals surface area contributed by atoms with Gasteiger partial charge < -0.3 is 0 Å². The van der Waals surface area contributed by atoms with E-state index in [1.807, 2.05) is 19.3 Å². The highest BCUT2D eigenvalue weighted by Gasteiger charge is 2.24. The zero-order valence-electron chi connectivity index (χ0n) is 11.0. The summed E-state index contributed by atoms with van der Waals surface area (Å²) in [5.74, 6) is 0.696. The van der Waals surface area contributed by atoms with Crippen molar-refractivity contribution in [1.29, 1.82) is 0 Å². The minimum atomic E-state index is 0.696. The normalized spacial score (nSPS) is 14.9. The highest BCUT2D eigenvalue weighted by Crippen LogP contribution is 2.41. The van der Waals surface area contributed by atoms with Gasteiger partial charge in [0.1, 0.15) is 21.0 Å². The molecule has 1 aliphatic carbocycles. The number of aromatic nitrogens is 3. The second-order valence-corrected chi connectivity index (χ2v) is 6.73. The van der Waals surface area contributed by atoms with E-state index in [2.05, 4.69) is 39.7 Å². The van der Waals surface area contributed by atoms with Crippen LogP contribution in [0.25, 0.3) is 21.0 Å². The number of rotatable bonds is 2. The first-order valence-electron chi connectivity index (χ1n) is 6.63. The van der Waals surface area contributed by atoms with E-state index in [1.54, 1.807) is 11.3 Å². The van der Waals surface area contributed by atoms with E-state index < -0.39 is 0 Å². The summed E-state index contributed by atoms with van der Waals surface area (Å²) in [6.45, 7) is 2.03. The van der Waals surface area contributed by atoms with Gasteiger partial charge in [0.2, 0.25) is 0 Å². The Balaban J connectivity index is 1.81. The number of hydrogen-bond acceptors (Lipinski definition) is 5. The second-order valence-electron chi connectivity index (χ2n) is 5.27. The van der Waals surface area contributed by atoms with Gasteiger partial charge >= 0.3 is 0 Å². The van der Waals surface area contributed by atoms with Crippen LogP contribution < -0.4 is 0 Å². The summed E-state index contributed by atoms with van der Waals surface area (Å²) in [5, 5.41) is 0.894. The van der Waals surface area contributed by atoms with Gasteiger partial charge in [0.15, 0.2) is 0 Å². The van der Waals surface area contributed by atoms with Crippen molar-refractivity contribution in [2.75, 3.05) is 0 Å². The van der Waals surface area contributed by atoms with E-state index in [0.29, 0.717) is 5.92 Å². The van der Waals surface area contributed by atoms with Crippen molar-refractivity contribution < 1.29 is 0 Å². The fraction of sp³-hybridized carbons (Fsp3) is 0.267. The largest absolute Gasteiger partial charge is 0.252 e. The Morgan fingerprint density at radius 2 is 2.05 bits per heavy atom. The Bertz CT molecular complexity index is 806. The van der Waals surface area contributed by atoms with Crippen LogP contribution in [0.5, 0.6) is 0 Å². The maximum absolute atomic E-state index is 4.64. The van der Waals surface area contributed by atoms with Crippen molar-refractivity contribution in [3.05, 3.63) is 35.7 Å². The van der Waals surface area contributed by atoms with Crippen molar-refractivity contribution in [3.63, 3.8) is 0 Å². The maximum Gasteiger partial charge on any atom is 0.145 e. The lowest BCUT2D eigenvalue weighted by molar-refractivity contribution is 1.07. The fourth-order valence-electron chi connectivity index (χ4n) is 2.30. The molecule has 3 nitrogen and oxygen atoms in total. The zero-order chi connectivity index (χ0) is 13.7. The lowest BCUT2D eigenvalue weighted by Gasteiger charge is -2.03. The molecule has 0 aromatic carbocycles. The van der Waals surface area contributed by atoms with Crippen molar-refractivity contribution >= 4 is 34.3 Å². The van der Waals surface area contributed by atoms with E-state index in [4.69, 9.17) is 0 Å². The molecule has 0 atom stereocenters.